The van der Waals surface area contributed by atoms with Gasteiger partial charge in [0.15, 0.2) is 11.0 Å². The maximum atomic E-state index is 12.6. The van der Waals surface area contributed by atoms with Crippen LogP contribution < -0.4 is 5.32 Å². The molecule has 0 spiro atoms. The summed E-state index contributed by atoms with van der Waals surface area (Å²) in [5.41, 5.74) is 6.25. The fourth-order valence-electron chi connectivity index (χ4n) is 3.78. The van der Waals surface area contributed by atoms with Gasteiger partial charge in [0.25, 0.3) is 0 Å². The summed E-state index contributed by atoms with van der Waals surface area (Å²) in [4.78, 5) is 17.3. The lowest BCUT2D eigenvalue weighted by Crippen LogP contribution is -2.14. The summed E-state index contributed by atoms with van der Waals surface area (Å²) in [5.74, 6) is 0.988. The SMILES string of the molecule is CCn1c(SCC(=O)Nc2ccc(-c3nc4ccc(C)cc4s3)cc2)nnc1-c1ccc(C)cc1. The third kappa shape index (κ3) is 5.13. The van der Waals surface area contributed by atoms with E-state index in [0.29, 0.717) is 0 Å². The Morgan fingerprint density at radius 1 is 0.943 bits per heavy atom. The van der Waals surface area contributed by atoms with E-state index in [1.54, 1.807) is 11.3 Å². The van der Waals surface area contributed by atoms with Crippen LogP contribution in [0.5, 0.6) is 0 Å². The number of rotatable bonds is 7. The molecule has 0 bridgehead atoms. The molecule has 0 radical (unpaired) electrons. The zero-order valence-electron chi connectivity index (χ0n) is 19.8. The normalized spacial score (nSPS) is 11.2. The highest BCUT2D eigenvalue weighted by Gasteiger charge is 2.15. The number of thiazole rings is 1. The van der Waals surface area contributed by atoms with E-state index in [2.05, 4.69) is 66.6 Å². The van der Waals surface area contributed by atoms with Gasteiger partial charge in [-0.2, -0.15) is 0 Å². The van der Waals surface area contributed by atoms with Crippen molar-refractivity contribution in [3.8, 4) is 22.0 Å². The lowest BCUT2D eigenvalue weighted by atomic mass is 10.1. The van der Waals surface area contributed by atoms with Crippen LogP contribution in [0, 0.1) is 13.8 Å². The third-order valence-corrected chi connectivity index (χ3v) is 7.67. The highest BCUT2D eigenvalue weighted by molar-refractivity contribution is 7.99. The van der Waals surface area contributed by atoms with Gasteiger partial charge in [0, 0.05) is 23.4 Å². The van der Waals surface area contributed by atoms with E-state index in [1.165, 1.54) is 27.6 Å². The molecule has 0 saturated carbocycles. The molecule has 0 aliphatic carbocycles. The Labute approximate surface area is 212 Å². The highest BCUT2D eigenvalue weighted by atomic mass is 32.2. The second-order valence-electron chi connectivity index (χ2n) is 8.32. The predicted octanol–water partition coefficient (Wildman–Crippen LogP) is 6.59. The fraction of sp³-hybridized carbons (Fsp3) is 0.185. The predicted molar refractivity (Wildman–Crippen MR) is 145 cm³/mol. The number of benzene rings is 3. The van der Waals surface area contributed by atoms with Gasteiger partial charge in [0.05, 0.1) is 16.0 Å². The Morgan fingerprint density at radius 2 is 1.66 bits per heavy atom. The summed E-state index contributed by atoms with van der Waals surface area (Å²) >= 11 is 3.07. The molecular weight excluding hydrogens is 474 g/mol. The summed E-state index contributed by atoms with van der Waals surface area (Å²) < 4.78 is 3.22. The standard InChI is InChI=1S/C27H25N5OS2/c1-4-32-25(19-8-5-17(2)6-9-19)30-31-27(32)34-16-24(33)28-21-12-10-20(11-13-21)26-29-22-14-7-18(3)15-23(22)35-26/h5-15H,4,16H2,1-3H3,(H,28,33). The number of nitrogens with one attached hydrogen (secondary N) is 1. The van der Waals surface area contributed by atoms with Crippen LogP contribution in [-0.4, -0.2) is 31.4 Å². The van der Waals surface area contributed by atoms with Crippen LogP contribution in [0.1, 0.15) is 18.1 Å². The van der Waals surface area contributed by atoms with Crippen molar-refractivity contribution >= 4 is 44.9 Å². The molecule has 6 nitrogen and oxygen atoms in total. The molecule has 1 N–H and O–H groups in total. The second kappa shape index (κ2) is 10.0. The van der Waals surface area contributed by atoms with E-state index in [-0.39, 0.29) is 11.7 Å². The molecule has 2 heterocycles. The number of carbonyl (C=O) groups excluding carboxylic acids is 1. The summed E-state index contributed by atoms with van der Waals surface area (Å²) in [6.45, 7) is 6.93. The van der Waals surface area contributed by atoms with Crippen molar-refractivity contribution in [3.05, 3.63) is 77.9 Å². The number of hydrogen-bond acceptors (Lipinski definition) is 6. The van der Waals surface area contributed by atoms with Gasteiger partial charge in [0.2, 0.25) is 5.91 Å². The van der Waals surface area contributed by atoms with E-state index >= 15 is 0 Å². The number of amides is 1. The largest absolute Gasteiger partial charge is 0.325 e. The molecule has 35 heavy (non-hydrogen) atoms. The maximum Gasteiger partial charge on any atom is 0.234 e. The summed E-state index contributed by atoms with van der Waals surface area (Å²) in [6.07, 6.45) is 0. The zero-order valence-corrected chi connectivity index (χ0v) is 21.4. The number of fused-ring (bicyclic) bond motifs is 1. The van der Waals surface area contributed by atoms with Crippen LogP contribution in [0.2, 0.25) is 0 Å². The van der Waals surface area contributed by atoms with E-state index in [1.807, 2.05) is 41.0 Å². The number of nitrogens with zero attached hydrogens (tertiary/aromatic N) is 4. The molecule has 5 rings (SSSR count). The van der Waals surface area contributed by atoms with Crippen LogP contribution in [0.15, 0.2) is 71.9 Å². The van der Waals surface area contributed by atoms with E-state index < -0.39 is 0 Å². The zero-order chi connectivity index (χ0) is 24.4. The van der Waals surface area contributed by atoms with Crippen molar-refractivity contribution in [2.75, 3.05) is 11.1 Å². The molecule has 0 unspecified atom stereocenters. The van der Waals surface area contributed by atoms with E-state index in [0.717, 1.165) is 44.9 Å². The smallest absolute Gasteiger partial charge is 0.234 e. The van der Waals surface area contributed by atoms with E-state index in [4.69, 9.17) is 4.98 Å². The van der Waals surface area contributed by atoms with Gasteiger partial charge in [-0.25, -0.2) is 4.98 Å². The number of carbonyl (C=O) groups is 1. The average molecular weight is 500 g/mol. The Bertz CT molecular complexity index is 1490. The average Bonchev–Trinajstić information content (AvgIpc) is 3.47. The Hall–Kier alpha value is -3.49. The third-order valence-electron chi connectivity index (χ3n) is 5.63. The number of hydrogen-bond donors (Lipinski definition) is 1. The first-order chi connectivity index (χ1) is 17.0. The molecule has 0 aliphatic heterocycles. The van der Waals surface area contributed by atoms with Gasteiger partial charge >= 0.3 is 0 Å². The van der Waals surface area contributed by atoms with Gasteiger partial charge in [-0.1, -0.05) is 47.7 Å². The molecule has 8 heteroatoms. The van der Waals surface area contributed by atoms with Gasteiger partial charge < -0.3 is 9.88 Å². The van der Waals surface area contributed by atoms with Gasteiger partial charge in [-0.3, -0.25) is 4.79 Å². The van der Waals surface area contributed by atoms with Crippen molar-refractivity contribution in [1.82, 2.24) is 19.7 Å². The maximum absolute atomic E-state index is 12.6. The molecule has 0 atom stereocenters. The molecule has 1 amide bonds. The first-order valence-corrected chi connectivity index (χ1v) is 13.2. The second-order valence-corrected chi connectivity index (χ2v) is 10.3. The van der Waals surface area contributed by atoms with Crippen molar-refractivity contribution in [2.24, 2.45) is 0 Å². The van der Waals surface area contributed by atoms with Crippen molar-refractivity contribution in [1.29, 1.82) is 0 Å². The number of anilines is 1. The minimum Gasteiger partial charge on any atom is -0.325 e. The summed E-state index contributed by atoms with van der Waals surface area (Å²) in [7, 11) is 0. The number of aryl methyl sites for hydroxylation is 2. The molecular formula is C27H25N5OS2. The highest BCUT2D eigenvalue weighted by Crippen LogP contribution is 2.31. The van der Waals surface area contributed by atoms with E-state index in [9.17, 15) is 4.79 Å². The van der Waals surface area contributed by atoms with Crippen LogP contribution in [0.4, 0.5) is 5.69 Å². The molecule has 2 aromatic heterocycles. The van der Waals surface area contributed by atoms with Crippen molar-refractivity contribution < 1.29 is 4.79 Å². The first-order valence-electron chi connectivity index (χ1n) is 11.4. The van der Waals surface area contributed by atoms with Gasteiger partial charge in [-0.15, -0.1) is 21.5 Å². The van der Waals surface area contributed by atoms with Crippen LogP contribution in [-0.2, 0) is 11.3 Å². The molecule has 0 aliphatic rings. The van der Waals surface area contributed by atoms with Crippen LogP contribution in [0.25, 0.3) is 32.2 Å². The topological polar surface area (TPSA) is 72.7 Å². The molecule has 0 saturated heterocycles. The molecule has 5 aromatic rings. The van der Waals surface area contributed by atoms with Crippen LogP contribution >= 0.6 is 23.1 Å². The molecule has 176 valence electrons. The summed E-state index contributed by atoms with van der Waals surface area (Å²) in [6, 6.07) is 22.3. The lowest BCUT2D eigenvalue weighted by Gasteiger charge is -2.08. The molecule has 0 fully saturated rings. The summed E-state index contributed by atoms with van der Waals surface area (Å²) in [5, 5.41) is 13.4. The molecule has 3 aromatic carbocycles. The Kier molecular flexibility index (Phi) is 6.66. The van der Waals surface area contributed by atoms with Gasteiger partial charge in [-0.05, 0) is 62.7 Å². The lowest BCUT2D eigenvalue weighted by molar-refractivity contribution is -0.113. The minimum atomic E-state index is -0.0826. The Morgan fingerprint density at radius 3 is 2.40 bits per heavy atom. The fourth-order valence-corrected chi connectivity index (χ4v) is 5.65. The van der Waals surface area contributed by atoms with Crippen molar-refractivity contribution in [3.63, 3.8) is 0 Å². The first kappa shape index (κ1) is 23.3. The minimum absolute atomic E-state index is 0.0826. The van der Waals surface area contributed by atoms with Gasteiger partial charge in [0.1, 0.15) is 5.01 Å². The number of thioether (sulfide) groups is 1. The monoisotopic (exact) mass is 499 g/mol. The quantitative estimate of drug-likeness (QED) is 0.256. The van der Waals surface area contributed by atoms with Crippen LogP contribution in [0.3, 0.4) is 0 Å². The number of aromatic nitrogens is 4. The van der Waals surface area contributed by atoms with Crippen molar-refractivity contribution in [2.45, 2.75) is 32.5 Å². The Balaban J connectivity index is 1.22.